The van der Waals surface area contributed by atoms with Crippen molar-refractivity contribution in [3.63, 3.8) is 0 Å². The average Bonchev–Trinajstić information content (AvgIpc) is 3.33. The van der Waals surface area contributed by atoms with E-state index >= 15 is 0 Å². The van der Waals surface area contributed by atoms with Crippen LogP contribution in [0.3, 0.4) is 0 Å². The van der Waals surface area contributed by atoms with E-state index in [4.69, 9.17) is 9.47 Å². The number of piperazine rings is 1. The van der Waals surface area contributed by atoms with Gasteiger partial charge in [0.1, 0.15) is 17.2 Å². The summed E-state index contributed by atoms with van der Waals surface area (Å²) in [4.78, 5) is 21.7. The summed E-state index contributed by atoms with van der Waals surface area (Å²) in [5.41, 5.74) is 2.43. The Balaban J connectivity index is 1.30. The highest BCUT2D eigenvalue weighted by Crippen LogP contribution is 2.32. The molecule has 1 amide bonds. The van der Waals surface area contributed by atoms with Gasteiger partial charge in [-0.1, -0.05) is 42.5 Å². The molecule has 0 unspecified atom stereocenters. The van der Waals surface area contributed by atoms with Crippen LogP contribution in [0.2, 0.25) is 0 Å². The van der Waals surface area contributed by atoms with Gasteiger partial charge in [-0.05, 0) is 17.7 Å². The molecular formula is C25H28N4O3S. The Morgan fingerprint density at radius 3 is 2.61 bits per heavy atom. The number of carbonyl (C=O) groups is 1. The van der Waals surface area contributed by atoms with Gasteiger partial charge in [0.2, 0.25) is 0 Å². The van der Waals surface area contributed by atoms with Crippen LogP contribution in [0, 0.1) is 0 Å². The fourth-order valence-corrected chi connectivity index (χ4v) is 4.34. The van der Waals surface area contributed by atoms with Crippen molar-refractivity contribution >= 4 is 34.1 Å². The highest BCUT2D eigenvalue weighted by atomic mass is 32.1. The van der Waals surface area contributed by atoms with Crippen molar-refractivity contribution in [3.8, 4) is 11.5 Å². The van der Waals surface area contributed by atoms with E-state index in [2.05, 4.69) is 39.5 Å². The fraction of sp³-hybridized carbons (Fsp3) is 0.280. The highest BCUT2D eigenvalue weighted by Gasteiger charge is 2.23. The van der Waals surface area contributed by atoms with E-state index in [-0.39, 0.29) is 5.91 Å². The molecule has 7 nitrogen and oxygen atoms in total. The number of methoxy groups -OCH3 is 2. The molecule has 1 fully saturated rings. The Labute approximate surface area is 198 Å². The fourth-order valence-electron chi connectivity index (χ4n) is 3.64. The van der Waals surface area contributed by atoms with Crippen LogP contribution in [0.4, 0.5) is 10.8 Å². The minimum Gasteiger partial charge on any atom is -0.497 e. The summed E-state index contributed by atoms with van der Waals surface area (Å²) in [7, 11) is 3.22. The molecule has 4 rings (SSSR count). The molecule has 3 aromatic rings. The number of rotatable bonds is 8. The number of benzene rings is 2. The third-order valence-electron chi connectivity index (χ3n) is 5.51. The number of thiazole rings is 1. The number of carbonyl (C=O) groups excluding carboxylic acids is 1. The largest absolute Gasteiger partial charge is 0.497 e. The number of nitrogens with one attached hydrogen (secondary N) is 1. The Kier molecular flexibility index (Phi) is 7.59. The van der Waals surface area contributed by atoms with E-state index in [1.165, 1.54) is 16.9 Å². The van der Waals surface area contributed by atoms with Crippen molar-refractivity contribution in [2.45, 2.75) is 0 Å². The lowest BCUT2D eigenvalue weighted by molar-refractivity contribution is 0.0645. The van der Waals surface area contributed by atoms with Crippen molar-refractivity contribution < 1.29 is 14.3 Å². The van der Waals surface area contributed by atoms with Gasteiger partial charge in [0.25, 0.3) is 5.91 Å². The first-order valence-electron chi connectivity index (χ1n) is 10.8. The molecule has 0 aliphatic carbocycles. The standard InChI is InChI=1S/C25H28N4O3S/c1-31-20-10-11-21(23(17-20)32-2)26-25-27-22(18-33-25)24(30)29-15-13-28(14-16-29)12-6-9-19-7-4-3-5-8-19/h3-11,17-18H,12-16H2,1-2H3,(H,26,27)/b9-6+. The molecule has 2 heterocycles. The van der Waals surface area contributed by atoms with Gasteiger partial charge in [-0.3, -0.25) is 9.69 Å². The number of amides is 1. The maximum absolute atomic E-state index is 12.9. The summed E-state index contributed by atoms with van der Waals surface area (Å²) in [5, 5.41) is 5.68. The van der Waals surface area contributed by atoms with Crippen LogP contribution in [0.15, 0.2) is 60.0 Å². The smallest absolute Gasteiger partial charge is 0.273 e. The van der Waals surface area contributed by atoms with Crippen molar-refractivity contribution in [3.05, 3.63) is 71.2 Å². The second-order valence-electron chi connectivity index (χ2n) is 7.63. The Hall–Kier alpha value is -3.36. The molecule has 0 spiro atoms. The van der Waals surface area contributed by atoms with Gasteiger partial charge >= 0.3 is 0 Å². The van der Waals surface area contributed by atoms with E-state index in [1.807, 2.05) is 35.2 Å². The maximum atomic E-state index is 12.9. The molecule has 8 heteroatoms. The molecule has 1 aromatic heterocycles. The zero-order valence-electron chi connectivity index (χ0n) is 18.9. The lowest BCUT2D eigenvalue weighted by atomic mass is 10.2. The molecule has 1 aliphatic rings. The molecule has 0 saturated carbocycles. The zero-order chi connectivity index (χ0) is 23.0. The highest BCUT2D eigenvalue weighted by molar-refractivity contribution is 7.14. The van der Waals surface area contributed by atoms with E-state index < -0.39 is 0 Å². The van der Waals surface area contributed by atoms with E-state index in [9.17, 15) is 4.79 Å². The number of aromatic nitrogens is 1. The minimum atomic E-state index is -0.0273. The van der Waals surface area contributed by atoms with Gasteiger partial charge in [-0.15, -0.1) is 11.3 Å². The molecular weight excluding hydrogens is 436 g/mol. The second kappa shape index (κ2) is 11.0. The number of ether oxygens (including phenoxy) is 2. The molecule has 172 valence electrons. The quantitative estimate of drug-likeness (QED) is 0.534. The lowest BCUT2D eigenvalue weighted by Crippen LogP contribution is -2.48. The Morgan fingerprint density at radius 1 is 1.09 bits per heavy atom. The molecule has 33 heavy (non-hydrogen) atoms. The third-order valence-corrected chi connectivity index (χ3v) is 6.26. The molecule has 1 N–H and O–H groups in total. The van der Waals surface area contributed by atoms with Gasteiger partial charge in [-0.2, -0.15) is 0 Å². The summed E-state index contributed by atoms with van der Waals surface area (Å²) in [6.07, 6.45) is 4.32. The van der Waals surface area contributed by atoms with E-state index in [1.54, 1.807) is 25.7 Å². The molecule has 0 bridgehead atoms. The van der Waals surface area contributed by atoms with Crippen molar-refractivity contribution in [1.29, 1.82) is 0 Å². The number of anilines is 2. The lowest BCUT2D eigenvalue weighted by Gasteiger charge is -2.33. The SMILES string of the molecule is COc1ccc(Nc2nc(C(=O)N3CCN(C/C=C/c4ccccc4)CC3)cs2)c(OC)c1. The Morgan fingerprint density at radius 2 is 1.88 bits per heavy atom. The minimum absolute atomic E-state index is 0.0273. The average molecular weight is 465 g/mol. The normalized spacial score (nSPS) is 14.4. The number of hydrogen-bond acceptors (Lipinski definition) is 7. The summed E-state index contributed by atoms with van der Waals surface area (Å²) in [6.45, 7) is 3.98. The molecule has 1 aliphatic heterocycles. The topological polar surface area (TPSA) is 66.9 Å². The van der Waals surface area contributed by atoms with Crippen LogP contribution in [0.25, 0.3) is 6.08 Å². The van der Waals surface area contributed by atoms with E-state index in [0.717, 1.165) is 25.3 Å². The molecule has 0 radical (unpaired) electrons. The summed E-state index contributed by atoms with van der Waals surface area (Å²) < 4.78 is 10.7. The van der Waals surface area contributed by atoms with Crippen LogP contribution in [-0.2, 0) is 0 Å². The van der Waals surface area contributed by atoms with Crippen LogP contribution >= 0.6 is 11.3 Å². The molecule has 0 atom stereocenters. The zero-order valence-corrected chi connectivity index (χ0v) is 19.7. The van der Waals surface area contributed by atoms with Gasteiger partial charge in [0, 0.05) is 44.2 Å². The molecule has 1 saturated heterocycles. The van der Waals surface area contributed by atoms with Gasteiger partial charge in [0.15, 0.2) is 5.13 Å². The van der Waals surface area contributed by atoms with Crippen LogP contribution in [0.1, 0.15) is 16.1 Å². The summed E-state index contributed by atoms with van der Waals surface area (Å²) >= 11 is 1.40. The maximum Gasteiger partial charge on any atom is 0.273 e. The summed E-state index contributed by atoms with van der Waals surface area (Å²) in [6, 6.07) is 15.8. The second-order valence-corrected chi connectivity index (χ2v) is 8.49. The third kappa shape index (κ3) is 5.91. The van der Waals surface area contributed by atoms with Crippen LogP contribution in [0.5, 0.6) is 11.5 Å². The predicted molar refractivity (Wildman–Crippen MR) is 133 cm³/mol. The van der Waals surface area contributed by atoms with E-state index in [0.29, 0.717) is 35.4 Å². The first-order chi connectivity index (χ1) is 16.2. The Bertz CT molecular complexity index is 1090. The van der Waals surface area contributed by atoms with Crippen LogP contribution in [-0.4, -0.2) is 67.6 Å². The van der Waals surface area contributed by atoms with Crippen molar-refractivity contribution in [1.82, 2.24) is 14.8 Å². The van der Waals surface area contributed by atoms with Crippen molar-refractivity contribution in [2.75, 3.05) is 52.3 Å². The first kappa shape index (κ1) is 22.8. The molecule has 2 aromatic carbocycles. The summed E-state index contributed by atoms with van der Waals surface area (Å²) in [5.74, 6) is 1.33. The van der Waals surface area contributed by atoms with Crippen LogP contribution < -0.4 is 14.8 Å². The van der Waals surface area contributed by atoms with Crippen molar-refractivity contribution in [2.24, 2.45) is 0 Å². The van der Waals surface area contributed by atoms with Gasteiger partial charge < -0.3 is 19.7 Å². The number of nitrogens with zero attached hydrogens (tertiary/aromatic N) is 3. The van der Waals surface area contributed by atoms with Gasteiger partial charge in [0.05, 0.1) is 19.9 Å². The monoisotopic (exact) mass is 464 g/mol. The first-order valence-corrected chi connectivity index (χ1v) is 11.7. The predicted octanol–water partition coefficient (Wildman–Crippen LogP) is 4.38. The van der Waals surface area contributed by atoms with Gasteiger partial charge in [-0.25, -0.2) is 4.98 Å². The number of hydrogen-bond donors (Lipinski definition) is 1.